The number of rotatable bonds is 6. The summed E-state index contributed by atoms with van der Waals surface area (Å²) >= 11 is 0. The monoisotopic (exact) mass is 377 g/mol. The number of benzene rings is 1. The topological polar surface area (TPSA) is 71.0 Å². The zero-order chi connectivity index (χ0) is 20.3. The van der Waals surface area contributed by atoms with Crippen molar-refractivity contribution in [3.05, 3.63) is 53.4 Å². The molecule has 1 N–H and O–H groups in total. The first-order valence-corrected chi connectivity index (χ1v) is 9.05. The molecule has 0 aromatic heterocycles. The number of ketones is 1. The van der Waals surface area contributed by atoms with Crippen molar-refractivity contribution in [1.29, 1.82) is 0 Å². The lowest BCUT2D eigenvalue weighted by atomic mass is 10.0. The first-order valence-electron chi connectivity index (χ1n) is 9.05. The highest BCUT2D eigenvalue weighted by Crippen LogP contribution is 2.30. The van der Waals surface area contributed by atoms with E-state index in [1.165, 1.54) is 6.92 Å². The maximum atomic E-state index is 11.8. The molecule has 1 amide bonds. The van der Waals surface area contributed by atoms with Gasteiger partial charge in [0, 0.05) is 30.8 Å². The maximum Gasteiger partial charge on any atom is 0.291 e. The molecule has 1 aromatic carbocycles. The van der Waals surface area contributed by atoms with Gasteiger partial charge in [-0.3, -0.25) is 14.6 Å². The molecule has 1 atom stereocenters. The molecular weight excluding hydrogens is 354 g/mol. The van der Waals surface area contributed by atoms with Gasteiger partial charge in [0.05, 0.1) is 12.1 Å². The number of aliphatic imine (C=N–C) groups is 1. The first-order chi connectivity index (χ1) is 13.3. The van der Waals surface area contributed by atoms with Crippen LogP contribution >= 0.6 is 0 Å². The zero-order valence-corrected chi connectivity index (χ0v) is 16.3. The lowest BCUT2D eigenvalue weighted by Gasteiger charge is -2.23. The van der Waals surface area contributed by atoms with E-state index in [-0.39, 0.29) is 12.1 Å². The number of anilines is 1. The summed E-state index contributed by atoms with van der Waals surface area (Å²) in [4.78, 5) is 29.9. The Morgan fingerprint density at radius 1 is 1.43 bits per heavy atom. The van der Waals surface area contributed by atoms with E-state index in [1.807, 2.05) is 49.2 Å². The molecule has 0 saturated heterocycles. The second-order valence-corrected chi connectivity index (χ2v) is 7.21. The van der Waals surface area contributed by atoms with Crippen LogP contribution in [0.25, 0.3) is 0 Å². The van der Waals surface area contributed by atoms with Gasteiger partial charge in [-0.25, -0.2) is 0 Å². The van der Waals surface area contributed by atoms with Crippen LogP contribution in [-0.2, 0) is 20.9 Å². The SMILES string of the molecule is C#CCC1(C)CN2C=CC=C(OCc3c(C)cccc3NC(=O)C(C)=O)C2=N1. The van der Waals surface area contributed by atoms with Crippen molar-refractivity contribution >= 4 is 23.2 Å². The fourth-order valence-corrected chi connectivity index (χ4v) is 3.23. The number of nitrogens with one attached hydrogen (secondary N) is 1. The number of allylic oxidation sites excluding steroid dienone is 2. The number of Topliss-reactive ketones (excluding diaryl/α,β-unsaturated/α-hetero) is 1. The molecule has 1 aromatic rings. The van der Waals surface area contributed by atoms with Crippen LogP contribution in [0, 0.1) is 19.3 Å². The quantitative estimate of drug-likeness (QED) is 0.611. The predicted molar refractivity (Wildman–Crippen MR) is 108 cm³/mol. The lowest BCUT2D eigenvalue weighted by Crippen LogP contribution is -2.31. The van der Waals surface area contributed by atoms with Crippen molar-refractivity contribution in [2.45, 2.75) is 39.3 Å². The van der Waals surface area contributed by atoms with Crippen LogP contribution in [0.5, 0.6) is 0 Å². The van der Waals surface area contributed by atoms with Crippen LogP contribution in [0.15, 0.2) is 47.3 Å². The summed E-state index contributed by atoms with van der Waals surface area (Å²) in [6.45, 7) is 6.13. The molecule has 6 heteroatoms. The standard InChI is InChI=1S/C22H23N3O3/c1-5-11-22(4)14-25-12-7-10-19(20(25)24-22)28-13-17-15(2)8-6-9-18(17)23-21(27)16(3)26/h1,6-10,12H,11,13-14H2,2-4H3,(H,23,27). The minimum Gasteiger partial charge on any atom is -0.485 e. The van der Waals surface area contributed by atoms with E-state index >= 15 is 0 Å². The Labute approximate surface area is 165 Å². The molecule has 0 fully saturated rings. The highest BCUT2D eigenvalue weighted by molar-refractivity contribution is 6.39. The van der Waals surface area contributed by atoms with Gasteiger partial charge in [0.1, 0.15) is 6.61 Å². The number of carbonyl (C=O) groups is 2. The number of aryl methyl sites for hydroxylation is 1. The number of amidine groups is 1. The summed E-state index contributed by atoms with van der Waals surface area (Å²) in [5.41, 5.74) is 1.99. The Kier molecular flexibility index (Phi) is 5.36. The average Bonchev–Trinajstić information content (AvgIpc) is 2.98. The molecule has 0 saturated carbocycles. The number of amides is 1. The highest BCUT2D eigenvalue weighted by atomic mass is 16.5. The van der Waals surface area contributed by atoms with E-state index in [0.717, 1.165) is 17.0 Å². The van der Waals surface area contributed by atoms with Crippen molar-refractivity contribution < 1.29 is 14.3 Å². The Morgan fingerprint density at radius 2 is 2.21 bits per heavy atom. The molecule has 0 bridgehead atoms. The van der Waals surface area contributed by atoms with Gasteiger partial charge < -0.3 is 15.0 Å². The van der Waals surface area contributed by atoms with Gasteiger partial charge in [0.15, 0.2) is 11.6 Å². The fraction of sp³-hybridized carbons (Fsp3) is 0.318. The molecule has 2 heterocycles. The molecule has 2 aliphatic rings. The summed E-state index contributed by atoms with van der Waals surface area (Å²) < 4.78 is 6.07. The summed E-state index contributed by atoms with van der Waals surface area (Å²) in [6, 6.07) is 5.51. The third-order valence-corrected chi connectivity index (χ3v) is 4.73. The van der Waals surface area contributed by atoms with Crippen LogP contribution in [-0.4, -0.2) is 34.5 Å². The molecule has 3 rings (SSSR count). The molecule has 0 radical (unpaired) electrons. The van der Waals surface area contributed by atoms with E-state index in [4.69, 9.17) is 16.2 Å². The summed E-state index contributed by atoms with van der Waals surface area (Å²) in [5, 5.41) is 2.65. The van der Waals surface area contributed by atoms with Crippen LogP contribution < -0.4 is 5.32 Å². The third-order valence-electron chi connectivity index (χ3n) is 4.73. The number of hydrogen-bond acceptors (Lipinski definition) is 5. The van der Waals surface area contributed by atoms with E-state index in [1.54, 1.807) is 6.07 Å². The Hall–Kier alpha value is -3.33. The van der Waals surface area contributed by atoms with Gasteiger partial charge in [0.25, 0.3) is 5.91 Å². The molecule has 6 nitrogen and oxygen atoms in total. The highest BCUT2D eigenvalue weighted by Gasteiger charge is 2.36. The summed E-state index contributed by atoms with van der Waals surface area (Å²) in [5.74, 6) is 2.90. The average molecular weight is 377 g/mol. The van der Waals surface area contributed by atoms with Crippen molar-refractivity contribution in [2.75, 3.05) is 11.9 Å². The van der Waals surface area contributed by atoms with Crippen molar-refractivity contribution in [1.82, 2.24) is 4.90 Å². The summed E-state index contributed by atoms with van der Waals surface area (Å²) in [7, 11) is 0. The normalized spacial score (nSPS) is 20.0. The molecule has 2 aliphatic heterocycles. The van der Waals surface area contributed by atoms with Crippen molar-refractivity contribution in [2.24, 2.45) is 4.99 Å². The van der Waals surface area contributed by atoms with Crippen LogP contribution in [0.4, 0.5) is 5.69 Å². The second kappa shape index (κ2) is 7.73. The van der Waals surface area contributed by atoms with Crippen molar-refractivity contribution in [3.63, 3.8) is 0 Å². The largest absolute Gasteiger partial charge is 0.485 e. The predicted octanol–water partition coefficient (Wildman–Crippen LogP) is 2.95. The molecular formula is C22H23N3O3. The fourth-order valence-electron chi connectivity index (χ4n) is 3.23. The molecule has 0 aliphatic carbocycles. The molecule has 28 heavy (non-hydrogen) atoms. The van der Waals surface area contributed by atoms with E-state index in [2.05, 4.69) is 11.2 Å². The third kappa shape index (κ3) is 3.99. The number of nitrogens with zero attached hydrogens (tertiary/aromatic N) is 2. The Balaban J connectivity index is 1.80. The number of carbonyl (C=O) groups excluding carboxylic acids is 2. The zero-order valence-electron chi connectivity index (χ0n) is 16.3. The van der Waals surface area contributed by atoms with Gasteiger partial charge in [-0.05, 0) is 37.6 Å². The van der Waals surface area contributed by atoms with Crippen LogP contribution in [0.2, 0.25) is 0 Å². The lowest BCUT2D eigenvalue weighted by molar-refractivity contribution is -0.133. The van der Waals surface area contributed by atoms with Gasteiger partial charge >= 0.3 is 0 Å². The first kappa shape index (κ1) is 19.4. The van der Waals surface area contributed by atoms with Gasteiger partial charge in [-0.1, -0.05) is 12.1 Å². The van der Waals surface area contributed by atoms with Crippen molar-refractivity contribution in [3.8, 4) is 12.3 Å². The summed E-state index contributed by atoms with van der Waals surface area (Å²) in [6.07, 6.45) is 11.8. The Morgan fingerprint density at radius 3 is 2.93 bits per heavy atom. The number of terminal acetylenes is 1. The minimum absolute atomic E-state index is 0.235. The maximum absolute atomic E-state index is 11.8. The second-order valence-electron chi connectivity index (χ2n) is 7.21. The minimum atomic E-state index is -0.650. The molecule has 1 unspecified atom stereocenters. The number of hydrogen-bond donors (Lipinski definition) is 1. The van der Waals surface area contributed by atoms with E-state index in [9.17, 15) is 9.59 Å². The van der Waals surface area contributed by atoms with Crippen LogP contribution in [0.1, 0.15) is 31.4 Å². The number of fused-ring (bicyclic) bond motifs is 1. The molecule has 144 valence electrons. The Bertz CT molecular complexity index is 952. The van der Waals surface area contributed by atoms with Crippen LogP contribution in [0.3, 0.4) is 0 Å². The van der Waals surface area contributed by atoms with E-state index < -0.39 is 11.7 Å². The van der Waals surface area contributed by atoms with E-state index in [0.29, 0.717) is 24.4 Å². The van der Waals surface area contributed by atoms with Gasteiger partial charge in [0.2, 0.25) is 5.78 Å². The van der Waals surface area contributed by atoms with Gasteiger partial charge in [-0.15, -0.1) is 12.3 Å². The molecule has 0 spiro atoms. The smallest absolute Gasteiger partial charge is 0.291 e. The van der Waals surface area contributed by atoms with Gasteiger partial charge in [-0.2, -0.15) is 0 Å². The number of ether oxygens (including phenoxy) is 1.